The lowest BCUT2D eigenvalue weighted by Crippen LogP contribution is -2.32. The number of phenols is 1. The Morgan fingerprint density at radius 3 is 2.52 bits per heavy atom. The molecule has 112 valence electrons. The zero-order chi connectivity index (χ0) is 15.2. The van der Waals surface area contributed by atoms with Gasteiger partial charge in [0.05, 0.1) is 11.1 Å². The maximum Gasteiger partial charge on any atom is 0.117 e. The fraction of sp³-hybridized carbons (Fsp3) is 0.294. The summed E-state index contributed by atoms with van der Waals surface area (Å²) < 4.78 is 0. The summed E-state index contributed by atoms with van der Waals surface area (Å²) in [6, 6.07) is 15.1. The van der Waals surface area contributed by atoms with Gasteiger partial charge in [0, 0.05) is 18.2 Å². The molecule has 0 bridgehead atoms. The second-order valence-corrected chi connectivity index (χ2v) is 5.63. The molecule has 0 amide bonds. The number of nitrogens with one attached hydrogen (secondary N) is 1. The number of halogens is 1. The van der Waals surface area contributed by atoms with Crippen LogP contribution in [0.3, 0.4) is 0 Å². The molecule has 0 aliphatic carbocycles. The zero-order valence-electron chi connectivity index (χ0n) is 12.0. The van der Waals surface area contributed by atoms with Gasteiger partial charge >= 0.3 is 0 Å². The first-order valence-corrected chi connectivity index (χ1v) is 7.38. The van der Waals surface area contributed by atoms with E-state index in [1.54, 1.807) is 6.07 Å². The summed E-state index contributed by atoms with van der Waals surface area (Å²) in [4.78, 5) is 0. The molecule has 0 saturated heterocycles. The van der Waals surface area contributed by atoms with Crippen molar-refractivity contribution in [2.45, 2.75) is 25.5 Å². The molecule has 2 aromatic carbocycles. The number of hydrogen-bond donors (Lipinski definition) is 3. The van der Waals surface area contributed by atoms with Gasteiger partial charge in [-0.3, -0.25) is 0 Å². The lowest BCUT2D eigenvalue weighted by Gasteiger charge is -2.18. The van der Waals surface area contributed by atoms with Gasteiger partial charge in [-0.1, -0.05) is 48.0 Å². The normalized spacial score (nSPS) is 13.9. The Morgan fingerprint density at radius 2 is 1.86 bits per heavy atom. The highest BCUT2D eigenvalue weighted by atomic mass is 35.5. The van der Waals surface area contributed by atoms with Crippen LogP contribution < -0.4 is 5.32 Å². The second kappa shape index (κ2) is 7.46. The Morgan fingerprint density at radius 1 is 1.14 bits per heavy atom. The van der Waals surface area contributed by atoms with Crippen molar-refractivity contribution >= 4 is 11.6 Å². The maximum absolute atomic E-state index is 10.2. The first-order chi connectivity index (χ1) is 10.1. The summed E-state index contributed by atoms with van der Waals surface area (Å²) >= 11 is 6.02. The van der Waals surface area contributed by atoms with Crippen molar-refractivity contribution < 1.29 is 10.2 Å². The lowest BCUT2D eigenvalue weighted by atomic mass is 10.1. The van der Waals surface area contributed by atoms with Crippen LogP contribution in [0.5, 0.6) is 5.75 Å². The third-order valence-corrected chi connectivity index (χ3v) is 3.71. The number of phenolic OH excluding ortho intramolecular Hbond substituents is 1. The predicted molar refractivity (Wildman–Crippen MR) is 85.7 cm³/mol. The Labute approximate surface area is 130 Å². The molecule has 4 heteroatoms. The molecule has 2 aromatic rings. The number of aliphatic hydroxyl groups excluding tert-OH is 1. The second-order valence-electron chi connectivity index (χ2n) is 5.22. The minimum absolute atomic E-state index is 0.0985. The number of aliphatic hydroxyl groups is 1. The molecule has 3 N–H and O–H groups in total. The van der Waals surface area contributed by atoms with Crippen LogP contribution >= 0.6 is 11.6 Å². The third kappa shape index (κ3) is 4.74. The van der Waals surface area contributed by atoms with Crippen LogP contribution in [0, 0.1) is 0 Å². The van der Waals surface area contributed by atoms with Gasteiger partial charge in [-0.2, -0.15) is 0 Å². The van der Waals surface area contributed by atoms with Crippen LogP contribution in [0.2, 0.25) is 5.02 Å². The SMILES string of the molecule is C[C@H](Cc1ccccc1)NC[C@H](O)c1ccc(O)cc1Cl. The van der Waals surface area contributed by atoms with Crippen molar-refractivity contribution in [3.8, 4) is 5.75 Å². The quantitative estimate of drug-likeness (QED) is 0.767. The zero-order valence-corrected chi connectivity index (χ0v) is 12.7. The van der Waals surface area contributed by atoms with Gasteiger partial charge in [0.1, 0.15) is 5.75 Å². The summed E-state index contributed by atoms with van der Waals surface area (Å²) in [5.41, 5.74) is 1.88. The van der Waals surface area contributed by atoms with E-state index in [9.17, 15) is 10.2 Å². The summed E-state index contributed by atoms with van der Waals surface area (Å²) in [7, 11) is 0. The van der Waals surface area contributed by atoms with Crippen LogP contribution in [0.1, 0.15) is 24.2 Å². The Bertz CT molecular complexity index is 574. The topological polar surface area (TPSA) is 52.5 Å². The van der Waals surface area contributed by atoms with Crippen molar-refractivity contribution in [2.24, 2.45) is 0 Å². The van der Waals surface area contributed by atoms with Crippen molar-refractivity contribution in [1.82, 2.24) is 5.32 Å². The third-order valence-electron chi connectivity index (χ3n) is 3.39. The lowest BCUT2D eigenvalue weighted by molar-refractivity contribution is 0.170. The van der Waals surface area contributed by atoms with E-state index < -0.39 is 6.10 Å². The van der Waals surface area contributed by atoms with Crippen LogP contribution in [0.25, 0.3) is 0 Å². The van der Waals surface area contributed by atoms with E-state index in [1.807, 2.05) is 18.2 Å². The molecule has 0 heterocycles. The first-order valence-electron chi connectivity index (χ1n) is 7.00. The largest absolute Gasteiger partial charge is 0.508 e. The highest BCUT2D eigenvalue weighted by molar-refractivity contribution is 6.31. The molecule has 0 fully saturated rings. The number of rotatable bonds is 6. The van der Waals surface area contributed by atoms with E-state index in [4.69, 9.17) is 11.6 Å². The molecule has 0 spiro atoms. The minimum Gasteiger partial charge on any atom is -0.508 e. The molecular formula is C17H20ClNO2. The molecule has 21 heavy (non-hydrogen) atoms. The van der Waals surface area contributed by atoms with E-state index in [1.165, 1.54) is 17.7 Å². The first kappa shape index (κ1) is 15.8. The fourth-order valence-corrected chi connectivity index (χ4v) is 2.55. The van der Waals surface area contributed by atoms with E-state index >= 15 is 0 Å². The van der Waals surface area contributed by atoms with E-state index in [0.717, 1.165) is 6.42 Å². The summed E-state index contributed by atoms with van der Waals surface area (Å²) in [6.45, 7) is 2.50. The number of benzene rings is 2. The van der Waals surface area contributed by atoms with Gasteiger partial charge in [0.25, 0.3) is 0 Å². The molecule has 0 aliphatic rings. The average Bonchev–Trinajstić information content (AvgIpc) is 2.46. The van der Waals surface area contributed by atoms with Gasteiger partial charge in [-0.25, -0.2) is 0 Å². The van der Waals surface area contributed by atoms with Crippen molar-refractivity contribution in [3.63, 3.8) is 0 Å². The van der Waals surface area contributed by atoms with E-state index in [0.29, 0.717) is 17.1 Å². The molecule has 0 radical (unpaired) electrons. The number of hydrogen-bond acceptors (Lipinski definition) is 3. The molecule has 0 aromatic heterocycles. The Hall–Kier alpha value is -1.55. The van der Waals surface area contributed by atoms with Crippen molar-refractivity contribution in [2.75, 3.05) is 6.54 Å². The Balaban J connectivity index is 1.87. The molecule has 2 atom stereocenters. The fourth-order valence-electron chi connectivity index (χ4n) is 2.25. The predicted octanol–water partition coefficient (Wildman–Crippen LogP) is 3.30. The average molecular weight is 306 g/mol. The maximum atomic E-state index is 10.2. The summed E-state index contributed by atoms with van der Waals surface area (Å²) in [5, 5.41) is 23.2. The highest BCUT2D eigenvalue weighted by Gasteiger charge is 2.13. The van der Waals surface area contributed by atoms with Crippen molar-refractivity contribution in [1.29, 1.82) is 0 Å². The van der Waals surface area contributed by atoms with Gasteiger partial charge < -0.3 is 15.5 Å². The van der Waals surface area contributed by atoms with Gasteiger partial charge in [-0.05, 0) is 31.0 Å². The molecule has 0 saturated carbocycles. The van der Waals surface area contributed by atoms with Gasteiger partial charge in [0.2, 0.25) is 0 Å². The minimum atomic E-state index is -0.698. The molecule has 3 nitrogen and oxygen atoms in total. The summed E-state index contributed by atoms with van der Waals surface area (Å²) in [5.74, 6) is 0.0985. The molecule has 2 rings (SSSR count). The monoisotopic (exact) mass is 305 g/mol. The van der Waals surface area contributed by atoms with Crippen molar-refractivity contribution in [3.05, 3.63) is 64.7 Å². The highest BCUT2D eigenvalue weighted by Crippen LogP contribution is 2.26. The van der Waals surface area contributed by atoms with E-state index in [-0.39, 0.29) is 11.8 Å². The van der Waals surface area contributed by atoms with Crippen LogP contribution in [-0.2, 0) is 6.42 Å². The molecule has 0 unspecified atom stereocenters. The smallest absolute Gasteiger partial charge is 0.117 e. The van der Waals surface area contributed by atoms with Crippen LogP contribution in [0.4, 0.5) is 0 Å². The summed E-state index contributed by atoms with van der Waals surface area (Å²) in [6.07, 6.45) is 0.202. The van der Waals surface area contributed by atoms with Crippen LogP contribution in [0.15, 0.2) is 48.5 Å². The van der Waals surface area contributed by atoms with Gasteiger partial charge in [0.15, 0.2) is 0 Å². The Kier molecular flexibility index (Phi) is 5.62. The van der Waals surface area contributed by atoms with Crippen LogP contribution in [-0.4, -0.2) is 22.8 Å². The van der Waals surface area contributed by atoms with Gasteiger partial charge in [-0.15, -0.1) is 0 Å². The van der Waals surface area contributed by atoms with E-state index in [2.05, 4.69) is 24.4 Å². The molecular weight excluding hydrogens is 286 g/mol. The number of aromatic hydroxyl groups is 1. The molecule has 0 aliphatic heterocycles. The standard InChI is InChI=1S/C17H20ClNO2/c1-12(9-13-5-3-2-4-6-13)19-11-17(21)15-8-7-14(20)10-16(15)18/h2-8,10,12,17,19-21H,9,11H2,1H3/t12-,17+/m1/s1.